The molecule has 1 aromatic heterocycles. The Bertz CT molecular complexity index is 543. The molecule has 0 bridgehead atoms. The van der Waals surface area contributed by atoms with E-state index in [9.17, 15) is 9.18 Å². The molecule has 2 aromatic rings. The van der Waals surface area contributed by atoms with Crippen LogP contribution in [0.1, 0.15) is 10.4 Å². The van der Waals surface area contributed by atoms with Crippen LogP contribution in [0.25, 0.3) is 11.4 Å². The molecule has 0 radical (unpaired) electrons. The molecule has 4 nitrogen and oxygen atoms in total. The Balaban J connectivity index is 2.59. The molecular weight excluding hydrogens is 221 g/mol. The lowest BCUT2D eigenvalue weighted by molar-refractivity contribution is 0.0963. The van der Waals surface area contributed by atoms with Gasteiger partial charge in [0.05, 0.1) is 5.56 Å². The van der Waals surface area contributed by atoms with Gasteiger partial charge in [-0.05, 0) is 24.3 Å². The lowest BCUT2D eigenvalue weighted by Gasteiger charge is -2.06. The lowest BCUT2D eigenvalue weighted by atomic mass is 10.1. The lowest BCUT2D eigenvalue weighted by Crippen LogP contribution is -2.19. The van der Waals surface area contributed by atoms with Gasteiger partial charge in [-0.15, -0.1) is 0 Å². The van der Waals surface area contributed by atoms with Crippen LogP contribution in [0.15, 0.2) is 36.7 Å². The van der Waals surface area contributed by atoms with Crippen molar-refractivity contribution in [2.45, 2.75) is 0 Å². The van der Waals surface area contributed by atoms with Gasteiger partial charge in [0.25, 0.3) is 5.91 Å². The van der Waals surface area contributed by atoms with E-state index in [-0.39, 0.29) is 5.91 Å². The molecule has 0 fully saturated rings. The van der Waals surface area contributed by atoms with Crippen molar-refractivity contribution in [3.8, 4) is 11.4 Å². The van der Waals surface area contributed by atoms with Gasteiger partial charge in [-0.25, -0.2) is 14.4 Å². The maximum absolute atomic E-state index is 13.2. The summed E-state index contributed by atoms with van der Waals surface area (Å²) in [4.78, 5) is 19.6. The molecule has 1 aromatic carbocycles. The fourth-order valence-corrected chi connectivity index (χ4v) is 1.47. The van der Waals surface area contributed by atoms with Gasteiger partial charge in [0.15, 0.2) is 5.82 Å². The molecule has 1 heterocycles. The maximum atomic E-state index is 13.2. The van der Waals surface area contributed by atoms with Crippen LogP contribution in [0.5, 0.6) is 0 Å². The van der Waals surface area contributed by atoms with Crippen LogP contribution in [0.2, 0.25) is 0 Å². The van der Waals surface area contributed by atoms with Gasteiger partial charge in [-0.3, -0.25) is 4.79 Å². The van der Waals surface area contributed by atoms with E-state index in [1.165, 1.54) is 25.2 Å². The Hall–Kier alpha value is -2.30. The number of carbonyl (C=O) groups is 1. The van der Waals surface area contributed by atoms with Crippen molar-refractivity contribution < 1.29 is 9.18 Å². The summed E-state index contributed by atoms with van der Waals surface area (Å²) in [5.41, 5.74) is 0.727. The predicted octanol–water partition coefficient (Wildman–Crippen LogP) is 1.64. The van der Waals surface area contributed by atoms with E-state index in [4.69, 9.17) is 0 Å². The van der Waals surface area contributed by atoms with Crippen LogP contribution in [-0.4, -0.2) is 22.9 Å². The molecule has 0 aliphatic heterocycles. The van der Waals surface area contributed by atoms with Crippen LogP contribution in [0.4, 0.5) is 4.39 Å². The number of hydrogen-bond acceptors (Lipinski definition) is 3. The van der Waals surface area contributed by atoms with Crippen molar-refractivity contribution in [2.75, 3.05) is 7.05 Å². The van der Waals surface area contributed by atoms with Gasteiger partial charge < -0.3 is 5.32 Å². The van der Waals surface area contributed by atoms with Crippen LogP contribution < -0.4 is 5.32 Å². The fourth-order valence-electron chi connectivity index (χ4n) is 1.47. The number of nitrogens with one attached hydrogen (secondary N) is 1. The summed E-state index contributed by atoms with van der Waals surface area (Å²) < 4.78 is 13.2. The molecule has 0 saturated heterocycles. The maximum Gasteiger partial charge on any atom is 0.251 e. The molecule has 0 spiro atoms. The quantitative estimate of drug-likeness (QED) is 0.854. The SMILES string of the molecule is CNC(=O)c1ccc(F)cc1-c1ncccn1. The first-order valence-electron chi connectivity index (χ1n) is 5.01. The Morgan fingerprint density at radius 3 is 2.65 bits per heavy atom. The van der Waals surface area contributed by atoms with Gasteiger partial charge in [0, 0.05) is 25.0 Å². The zero-order valence-electron chi connectivity index (χ0n) is 9.14. The summed E-state index contributed by atoms with van der Waals surface area (Å²) >= 11 is 0. The van der Waals surface area contributed by atoms with Crippen molar-refractivity contribution in [3.63, 3.8) is 0 Å². The molecule has 0 saturated carbocycles. The summed E-state index contributed by atoms with van der Waals surface area (Å²) in [6.45, 7) is 0. The number of halogens is 1. The first-order valence-corrected chi connectivity index (χ1v) is 5.01. The van der Waals surface area contributed by atoms with Gasteiger partial charge in [-0.2, -0.15) is 0 Å². The van der Waals surface area contributed by atoms with E-state index in [1.54, 1.807) is 18.5 Å². The Morgan fingerprint density at radius 1 is 1.29 bits per heavy atom. The summed E-state index contributed by atoms with van der Waals surface area (Å²) in [6.07, 6.45) is 3.09. The summed E-state index contributed by atoms with van der Waals surface area (Å²) in [6, 6.07) is 5.55. The minimum atomic E-state index is -0.430. The highest BCUT2D eigenvalue weighted by Gasteiger charge is 2.14. The second-order valence-corrected chi connectivity index (χ2v) is 3.34. The van der Waals surface area contributed by atoms with Gasteiger partial charge in [0.2, 0.25) is 0 Å². The van der Waals surface area contributed by atoms with Crippen molar-refractivity contribution >= 4 is 5.91 Å². The second kappa shape index (κ2) is 4.69. The standard InChI is InChI=1S/C12H10FN3O/c1-14-12(17)9-4-3-8(13)7-10(9)11-15-5-2-6-16-11/h2-7H,1H3,(H,14,17). The normalized spacial score (nSPS) is 10.0. The van der Waals surface area contributed by atoms with Gasteiger partial charge in [-0.1, -0.05) is 0 Å². The number of rotatable bonds is 2. The molecule has 1 N–H and O–H groups in total. The first kappa shape index (κ1) is 11.2. The molecule has 2 rings (SSSR count). The first-order chi connectivity index (χ1) is 8.22. The Morgan fingerprint density at radius 2 is 2.00 bits per heavy atom. The minimum absolute atomic E-state index is 0.299. The number of nitrogens with zero attached hydrogens (tertiary/aromatic N) is 2. The second-order valence-electron chi connectivity index (χ2n) is 3.34. The third-order valence-electron chi connectivity index (χ3n) is 2.26. The highest BCUT2D eigenvalue weighted by Crippen LogP contribution is 2.20. The summed E-state index contributed by atoms with van der Waals surface area (Å²) in [7, 11) is 1.52. The zero-order chi connectivity index (χ0) is 12.3. The Labute approximate surface area is 97.5 Å². The minimum Gasteiger partial charge on any atom is -0.355 e. The third kappa shape index (κ3) is 2.28. The van der Waals surface area contributed by atoms with Crippen LogP contribution in [0, 0.1) is 5.82 Å². The fraction of sp³-hybridized carbons (Fsp3) is 0.0833. The third-order valence-corrected chi connectivity index (χ3v) is 2.26. The van der Waals surface area contributed by atoms with E-state index >= 15 is 0 Å². The van der Waals surface area contributed by atoms with Crippen molar-refractivity contribution in [1.82, 2.24) is 15.3 Å². The van der Waals surface area contributed by atoms with Gasteiger partial charge in [0.1, 0.15) is 5.82 Å². The van der Waals surface area contributed by atoms with Crippen LogP contribution in [-0.2, 0) is 0 Å². The van der Waals surface area contributed by atoms with E-state index in [0.29, 0.717) is 17.0 Å². The molecule has 86 valence electrons. The zero-order valence-corrected chi connectivity index (χ0v) is 9.14. The highest BCUT2D eigenvalue weighted by molar-refractivity contribution is 5.99. The van der Waals surface area contributed by atoms with Crippen LogP contribution in [0.3, 0.4) is 0 Å². The monoisotopic (exact) mass is 231 g/mol. The molecule has 5 heteroatoms. The molecule has 0 atom stereocenters. The van der Waals surface area contributed by atoms with E-state index < -0.39 is 5.82 Å². The number of aromatic nitrogens is 2. The van der Waals surface area contributed by atoms with Crippen molar-refractivity contribution in [1.29, 1.82) is 0 Å². The predicted molar refractivity (Wildman–Crippen MR) is 60.8 cm³/mol. The van der Waals surface area contributed by atoms with Gasteiger partial charge >= 0.3 is 0 Å². The molecule has 0 unspecified atom stereocenters. The molecular formula is C12H10FN3O. The number of benzene rings is 1. The Kier molecular flexibility index (Phi) is 3.09. The van der Waals surface area contributed by atoms with E-state index in [1.807, 2.05) is 0 Å². The van der Waals surface area contributed by atoms with Crippen molar-refractivity contribution in [3.05, 3.63) is 48.0 Å². The smallest absolute Gasteiger partial charge is 0.251 e. The number of amides is 1. The van der Waals surface area contributed by atoms with E-state index in [0.717, 1.165) is 0 Å². The van der Waals surface area contributed by atoms with Crippen LogP contribution >= 0.6 is 0 Å². The van der Waals surface area contributed by atoms with Crippen molar-refractivity contribution in [2.24, 2.45) is 0 Å². The van der Waals surface area contributed by atoms with E-state index in [2.05, 4.69) is 15.3 Å². The molecule has 17 heavy (non-hydrogen) atoms. The molecule has 0 aliphatic rings. The largest absolute Gasteiger partial charge is 0.355 e. The summed E-state index contributed by atoms with van der Waals surface area (Å²) in [5, 5.41) is 2.49. The number of hydrogen-bond donors (Lipinski definition) is 1. The summed E-state index contributed by atoms with van der Waals surface area (Å²) in [5.74, 6) is -0.404. The molecule has 1 amide bonds. The average Bonchev–Trinajstić information content (AvgIpc) is 2.39. The number of carbonyl (C=O) groups excluding carboxylic acids is 1. The average molecular weight is 231 g/mol. The molecule has 0 aliphatic carbocycles. The highest BCUT2D eigenvalue weighted by atomic mass is 19.1. The topological polar surface area (TPSA) is 54.9 Å².